The number of piperidine rings is 1. The highest BCUT2D eigenvalue weighted by atomic mass is 127. The van der Waals surface area contributed by atoms with Crippen LogP contribution in [0.25, 0.3) is 0 Å². The van der Waals surface area contributed by atoms with Crippen LogP contribution in [0.5, 0.6) is 0 Å². The van der Waals surface area contributed by atoms with Crippen molar-refractivity contribution in [2.24, 2.45) is 0 Å². The smallest absolute Gasteiger partial charge is 0.410 e. The van der Waals surface area contributed by atoms with Crippen LogP contribution in [0.1, 0.15) is 52.5 Å². The van der Waals surface area contributed by atoms with Crippen molar-refractivity contribution < 1.29 is 17.9 Å². The maximum atomic E-state index is 12.5. The average Bonchev–Trinajstić information content (AvgIpc) is 2.54. The van der Waals surface area contributed by atoms with Crippen LogP contribution in [0.4, 0.5) is 4.79 Å². The van der Waals surface area contributed by atoms with E-state index in [2.05, 4.69) is 27.3 Å². The molecule has 0 aliphatic carbocycles. The van der Waals surface area contributed by atoms with E-state index >= 15 is 0 Å². The number of halogens is 1. The summed E-state index contributed by atoms with van der Waals surface area (Å²) in [6, 6.07) is 7.74. The number of rotatable bonds is 4. The van der Waals surface area contributed by atoms with E-state index in [4.69, 9.17) is 4.74 Å². The predicted molar refractivity (Wildman–Crippen MR) is 115 cm³/mol. The van der Waals surface area contributed by atoms with Crippen LogP contribution >= 0.6 is 22.6 Å². The molecular formula is C19H29IN2O4S. The van der Waals surface area contributed by atoms with Gasteiger partial charge in [-0.2, -0.15) is 0 Å². The zero-order chi connectivity index (χ0) is 20.4. The first-order valence-corrected chi connectivity index (χ1v) is 11.8. The summed E-state index contributed by atoms with van der Waals surface area (Å²) in [5.41, 5.74) is 0.450. The van der Waals surface area contributed by atoms with Crippen LogP contribution in [-0.4, -0.2) is 49.4 Å². The average molecular weight is 508 g/mol. The number of ether oxygens (including phenoxy) is 1. The number of hydrogen-bond acceptors (Lipinski definition) is 4. The van der Waals surface area contributed by atoms with E-state index < -0.39 is 20.9 Å². The predicted octanol–water partition coefficient (Wildman–Crippen LogP) is 3.71. The van der Waals surface area contributed by atoms with Gasteiger partial charge in [0.25, 0.3) is 0 Å². The Labute approximate surface area is 176 Å². The number of nitrogens with one attached hydrogen (secondary N) is 1. The lowest BCUT2D eigenvalue weighted by Crippen LogP contribution is -2.53. The van der Waals surface area contributed by atoms with Crippen molar-refractivity contribution >= 4 is 38.7 Å². The largest absolute Gasteiger partial charge is 0.444 e. The van der Waals surface area contributed by atoms with Gasteiger partial charge in [-0.05, 0) is 81.3 Å². The monoisotopic (exact) mass is 508 g/mol. The van der Waals surface area contributed by atoms with Gasteiger partial charge in [0, 0.05) is 28.6 Å². The molecule has 0 unspecified atom stereocenters. The third-order valence-electron chi connectivity index (χ3n) is 4.50. The maximum absolute atomic E-state index is 12.5. The van der Waals surface area contributed by atoms with Gasteiger partial charge in [-0.3, -0.25) is 0 Å². The Morgan fingerprint density at radius 2 is 1.85 bits per heavy atom. The van der Waals surface area contributed by atoms with E-state index in [-0.39, 0.29) is 18.1 Å². The first kappa shape index (κ1) is 22.4. The number of benzene rings is 1. The summed E-state index contributed by atoms with van der Waals surface area (Å²) in [7, 11) is -3.40. The molecule has 0 spiro atoms. The molecule has 1 aliphatic rings. The second-order valence-corrected chi connectivity index (χ2v) is 11.7. The Balaban J connectivity index is 2.26. The van der Waals surface area contributed by atoms with E-state index in [1.165, 1.54) is 0 Å². The lowest BCUT2D eigenvalue weighted by Gasteiger charge is -2.39. The Kier molecular flexibility index (Phi) is 7.18. The molecule has 0 saturated carbocycles. The molecule has 152 valence electrons. The molecule has 6 nitrogen and oxygen atoms in total. The van der Waals surface area contributed by atoms with Gasteiger partial charge in [-0.25, -0.2) is 17.9 Å². The molecule has 1 aliphatic heterocycles. The first-order chi connectivity index (χ1) is 12.4. The van der Waals surface area contributed by atoms with Crippen LogP contribution in [0.3, 0.4) is 0 Å². The first-order valence-electron chi connectivity index (χ1n) is 9.13. The number of amides is 1. The lowest BCUT2D eigenvalue weighted by molar-refractivity contribution is 0.0182. The van der Waals surface area contributed by atoms with Gasteiger partial charge in [0.05, 0.1) is 5.25 Å². The van der Waals surface area contributed by atoms with E-state index in [0.29, 0.717) is 19.5 Å². The van der Waals surface area contributed by atoms with Crippen LogP contribution < -0.4 is 4.72 Å². The Bertz CT molecular complexity index is 757. The molecule has 1 saturated heterocycles. The van der Waals surface area contributed by atoms with Gasteiger partial charge in [-0.1, -0.05) is 12.1 Å². The molecule has 2 atom stereocenters. The third kappa shape index (κ3) is 6.32. The van der Waals surface area contributed by atoms with E-state index in [0.717, 1.165) is 9.13 Å². The lowest BCUT2D eigenvalue weighted by atomic mass is 9.87. The second-order valence-electron chi connectivity index (χ2n) is 8.19. The minimum Gasteiger partial charge on any atom is -0.444 e. The maximum Gasteiger partial charge on any atom is 0.410 e. The molecule has 8 heteroatoms. The van der Waals surface area contributed by atoms with Crippen LogP contribution in [0.2, 0.25) is 0 Å². The van der Waals surface area contributed by atoms with E-state index in [1.54, 1.807) is 18.7 Å². The van der Waals surface area contributed by atoms with Crippen molar-refractivity contribution in [3.8, 4) is 0 Å². The molecule has 0 aromatic heterocycles. The molecule has 27 heavy (non-hydrogen) atoms. The number of nitrogens with zero attached hydrogens (tertiary/aromatic N) is 1. The van der Waals surface area contributed by atoms with Crippen LogP contribution in [0.15, 0.2) is 24.3 Å². The van der Waals surface area contributed by atoms with Crippen molar-refractivity contribution in [2.45, 2.75) is 63.9 Å². The SMILES string of the molecule is CC(C)S(=O)(=O)N[C@@H]1CCN(C(=O)OC(C)(C)C)C[C@H]1c1ccc(I)cc1. The molecule has 1 aromatic rings. The Hall–Kier alpha value is -0.870. The minimum atomic E-state index is -3.40. The highest BCUT2D eigenvalue weighted by Gasteiger charge is 2.36. The third-order valence-corrected chi connectivity index (χ3v) is 7.09. The van der Waals surface area contributed by atoms with Crippen LogP contribution in [0, 0.1) is 3.57 Å². The zero-order valence-corrected chi connectivity index (χ0v) is 19.5. The fraction of sp³-hybridized carbons (Fsp3) is 0.632. The summed E-state index contributed by atoms with van der Waals surface area (Å²) < 4.78 is 34.3. The van der Waals surface area contributed by atoms with Gasteiger partial charge >= 0.3 is 6.09 Å². The Morgan fingerprint density at radius 1 is 1.26 bits per heavy atom. The standard InChI is InChI=1S/C19H29IN2O4S/c1-13(2)27(24,25)21-17-10-11-22(18(23)26-19(3,4)5)12-16(17)14-6-8-15(20)9-7-14/h6-9,13,16-17,21H,10-12H2,1-5H3/t16-,17+/m0/s1. The van der Waals surface area contributed by atoms with Crippen molar-refractivity contribution in [3.05, 3.63) is 33.4 Å². The summed E-state index contributed by atoms with van der Waals surface area (Å²) in [5.74, 6) is -0.128. The van der Waals surface area contributed by atoms with Crippen LogP contribution in [-0.2, 0) is 14.8 Å². The summed E-state index contributed by atoms with van der Waals surface area (Å²) in [6.45, 7) is 9.72. The van der Waals surface area contributed by atoms with Crippen molar-refractivity contribution in [1.29, 1.82) is 0 Å². The van der Waals surface area contributed by atoms with Gasteiger partial charge < -0.3 is 9.64 Å². The fourth-order valence-electron chi connectivity index (χ4n) is 2.98. The van der Waals surface area contributed by atoms with Crippen molar-refractivity contribution in [1.82, 2.24) is 9.62 Å². The molecule has 1 heterocycles. The molecule has 1 fully saturated rings. The summed E-state index contributed by atoms with van der Waals surface area (Å²) in [5, 5.41) is -0.501. The van der Waals surface area contributed by atoms with Gasteiger partial charge in [0.1, 0.15) is 5.60 Å². The number of likely N-dealkylation sites (tertiary alicyclic amines) is 1. The summed E-state index contributed by atoms with van der Waals surface area (Å²) in [6.07, 6.45) is 0.185. The second kappa shape index (κ2) is 8.65. The van der Waals surface area contributed by atoms with E-state index in [1.807, 2.05) is 45.0 Å². The molecule has 0 radical (unpaired) electrons. The molecule has 1 aromatic carbocycles. The Morgan fingerprint density at radius 3 is 2.37 bits per heavy atom. The fourth-order valence-corrected chi connectivity index (χ4v) is 4.32. The zero-order valence-electron chi connectivity index (χ0n) is 16.5. The molecule has 0 bridgehead atoms. The number of hydrogen-bond donors (Lipinski definition) is 1. The normalized spacial score (nSPS) is 21.4. The number of sulfonamides is 1. The quantitative estimate of drug-likeness (QED) is 0.630. The van der Waals surface area contributed by atoms with Gasteiger partial charge in [0.15, 0.2) is 0 Å². The molecule has 2 rings (SSSR count). The van der Waals surface area contributed by atoms with Crippen molar-refractivity contribution in [2.75, 3.05) is 13.1 Å². The highest BCUT2D eigenvalue weighted by molar-refractivity contribution is 14.1. The number of carbonyl (C=O) groups is 1. The molecule has 1 amide bonds. The van der Waals surface area contributed by atoms with Gasteiger partial charge in [0.2, 0.25) is 10.0 Å². The number of carbonyl (C=O) groups excluding carboxylic acids is 1. The van der Waals surface area contributed by atoms with E-state index in [9.17, 15) is 13.2 Å². The van der Waals surface area contributed by atoms with Gasteiger partial charge in [-0.15, -0.1) is 0 Å². The highest BCUT2D eigenvalue weighted by Crippen LogP contribution is 2.30. The molecular weight excluding hydrogens is 479 g/mol. The summed E-state index contributed by atoms with van der Waals surface area (Å²) in [4.78, 5) is 14.2. The topological polar surface area (TPSA) is 75.7 Å². The minimum absolute atomic E-state index is 0.128. The molecule has 1 N–H and O–H groups in total. The van der Waals surface area contributed by atoms with Crippen molar-refractivity contribution in [3.63, 3.8) is 0 Å². The summed E-state index contributed by atoms with van der Waals surface area (Å²) >= 11 is 2.24.